The molecule has 0 unspecified atom stereocenters. The lowest BCUT2D eigenvalue weighted by Gasteiger charge is -2.12. The Hall–Kier alpha value is -2.18. The molecule has 2 aromatic rings. The van der Waals surface area contributed by atoms with Gasteiger partial charge in [0.15, 0.2) is 5.75 Å². The Kier molecular flexibility index (Phi) is 3.61. The van der Waals surface area contributed by atoms with Crippen LogP contribution in [0.1, 0.15) is 18.9 Å². The molecule has 0 aliphatic heterocycles. The fraction of sp³-hybridized carbons (Fsp3) is 0.308. The molecule has 0 amide bonds. The van der Waals surface area contributed by atoms with Crippen molar-refractivity contribution in [2.45, 2.75) is 19.5 Å². The summed E-state index contributed by atoms with van der Waals surface area (Å²) in [6.07, 6.45) is -3.01. The standard InChI is InChI=1S/C13H12F3NO3/c1-3-12(18)20-11-6-17-9-5-8(13(14,15)16)10(19-2)4-7(9)11/h4-6,17H,3H2,1-2H3. The van der Waals surface area contributed by atoms with Crippen molar-refractivity contribution in [3.63, 3.8) is 0 Å². The molecule has 0 aliphatic rings. The van der Waals surface area contributed by atoms with Crippen molar-refractivity contribution < 1.29 is 27.4 Å². The van der Waals surface area contributed by atoms with E-state index >= 15 is 0 Å². The van der Waals surface area contributed by atoms with Gasteiger partial charge < -0.3 is 14.5 Å². The molecule has 0 saturated heterocycles. The Morgan fingerprint density at radius 1 is 1.30 bits per heavy atom. The highest BCUT2D eigenvalue weighted by Gasteiger charge is 2.35. The van der Waals surface area contributed by atoms with Crippen LogP contribution in [-0.2, 0) is 11.0 Å². The van der Waals surface area contributed by atoms with E-state index in [0.717, 1.165) is 13.2 Å². The summed E-state index contributed by atoms with van der Waals surface area (Å²) in [5, 5.41) is 0.358. The summed E-state index contributed by atoms with van der Waals surface area (Å²) in [7, 11) is 1.15. The number of fused-ring (bicyclic) bond motifs is 1. The minimum Gasteiger partial charge on any atom is -0.496 e. The average Bonchev–Trinajstić information content (AvgIpc) is 2.78. The van der Waals surface area contributed by atoms with Crippen LogP contribution >= 0.6 is 0 Å². The Bertz CT molecular complexity index is 646. The molecule has 0 spiro atoms. The fourth-order valence-corrected chi connectivity index (χ4v) is 1.79. The maximum atomic E-state index is 12.9. The van der Waals surface area contributed by atoms with Gasteiger partial charge >= 0.3 is 12.1 Å². The number of benzene rings is 1. The summed E-state index contributed by atoms with van der Waals surface area (Å²) in [6.45, 7) is 1.62. The van der Waals surface area contributed by atoms with Crippen LogP contribution in [0.4, 0.5) is 13.2 Å². The van der Waals surface area contributed by atoms with Gasteiger partial charge in [0, 0.05) is 18.0 Å². The third-order valence-corrected chi connectivity index (χ3v) is 2.78. The Morgan fingerprint density at radius 2 is 2.00 bits per heavy atom. The van der Waals surface area contributed by atoms with Crippen molar-refractivity contribution >= 4 is 16.9 Å². The largest absolute Gasteiger partial charge is 0.496 e. The number of H-pyrrole nitrogens is 1. The van der Waals surface area contributed by atoms with Crippen LogP contribution in [0.3, 0.4) is 0 Å². The molecule has 1 N–H and O–H groups in total. The Balaban J connectivity index is 2.55. The van der Waals surface area contributed by atoms with Crippen molar-refractivity contribution in [2.24, 2.45) is 0 Å². The van der Waals surface area contributed by atoms with Gasteiger partial charge in [-0.1, -0.05) is 6.92 Å². The number of alkyl halides is 3. The average molecular weight is 287 g/mol. The minimum atomic E-state index is -4.52. The maximum Gasteiger partial charge on any atom is 0.420 e. The number of hydrogen-bond acceptors (Lipinski definition) is 3. The van der Waals surface area contributed by atoms with Crippen molar-refractivity contribution in [1.82, 2.24) is 4.98 Å². The maximum absolute atomic E-state index is 12.9. The van der Waals surface area contributed by atoms with E-state index in [1.54, 1.807) is 6.92 Å². The molecule has 0 aliphatic carbocycles. The first kappa shape index (κ1) is 14.2. The fourth-order valence-electron chi connectivity index (χ4n) is 1.79. The number of carbonyl (C=O) groups is 1. The van der Waals surface area contributed by atoms with Crippen molar-refractivity contribution in [3.05, 3.63) is 23.9 Å². The van der Waals surface area contributed by atoms with Crippen LogP contribution in [0, 0.1) is 0 Å². The summed E-state index contributed by atoms with van der Waals surface area (Å²) in [4.78, 5) is 13.9. The van der Waals surface area contributed by atoms with E-state index in [0.29, 0.717) is 5.39 Å². The lowest BCUT2D eigenvalue weighted by atomic mass is 10.1. The second kappa shape index (κ2) is 5.07. The molecule has 4 nitrogen and oxygen atoms in total. The third kappa shape index (κ3) is 2.56. The van der Waals surface area contributed by atoms with E-state index in [1.165, 1.54) is 12.3 Å². The quantitative estimate of drug-likeness (QED) is 0.879. The molecule has 20 heavy (non-hydrogen) atoms. The number of hydrogen-bond donors (Lipinski definition) is 1. The third-order valence-electron chi connectivity index (χ3n) is 2.78. The SMILES string of the molecule is CCC(=O)Oc1c[nH]c2cc(C(F)(F)F)c(OC)cc12. The second-order valence-electron chi connectivity index (χ2n) is 4.08. The van der Waals surface area contributed by atoms with Crippen LogP contribution in [0.5, 0.6) is 11.5 Å². The van der Waals surface area contributed by atoms with Gasteiger partial charge in [-0.2, -0.15) is 13.2 Å². The zero-order valence-electron chi connectivity index (χ0n) is 10.8. The van der Waals surface area contributed by atoms with E-state index in [-0.39, 0.29) is 23.4 Å². The van der Waals surface area contributed by atoms with Crippen molar-refractivity contribution in [3.8, 4) is 11.5 Å². The molecule has 0 atom stereocenters. The lowest BCUT2D eigenvalue weighted by Crippen LogP contribution is -2.07. The molecule has 1 heterocycles. The van der Waals surface area contributed by atoms with Crippen LogP contribution < -0.4 is 9.47 Å². The highest BCUT2D eigenvalue weighted by Crippen LogP contribution is 2.40. The van der Waals surface area contributed by atoms with E-state index in [2.05, 4.69) is 4.98 Å². The van der Waals surface area contributed by atoms with Gasteiger partial charge in [-0.25, -0.2) is 0 Å². The summed E-state index contributed by atoms with van der Waals surface area (Å²) in [6, 6.07) is 2.13. The molecule has 108 valence electrons. The van der Waals surface area contributed by atoms with E-state index in [9.17, 15) is 18.0 Å². The molecular weight excluding hydrogens is 275 g/mol. The normalized spacial score (nSPS) is 11.7. The zero-order chi connectivity index (χ0) is 14.9. The van der Waals surface area contributed by atoms with E-state index in [1.807, 2.05) is 0 Å². The molecular formula is C13H12F3NO3. The number of carbonyl (C=O) groups excluding carboxylic acids is 1. The van der Waals surface area contributed by atoms with Crippen LogP contribution in [-0.4, -0.2) is 18.1 Å². The number of nitrogens with one attached hydrogen (secondary N) is 1. The molecule has 0 saturated carbocycles. The number of halogens is 3. The first-order valence-electron chi connectivity index (χ1n) is 5.83. The van der Waals surface area contributed by atoms with Crippen LogP contribution in [0.25, 0.3) is 10.9 Å². The Labute approximate surface area is 112 Å². The van der Waals surface area contributed by atoms with Crippen LogP contribution in [0.2, 0.25) is 0 Å². The van der Waals surface area contributed by atoms with Gasteiger partial charge in [-0.05, 0) is 12.1 Å². The number of aromatic amines is 1. The van der Waals surface area contributed by atoms with E-state index < -0.39 is 17.7 Å². The summed E-state index contributed by atoms with van der Waals surface area (Å²) >= 11 is 0. The van der Waals surface area contributed by atoms with Crippen LogP contribution in [0.15, 0.2) is 18.3 Å². The highest BCUT2D eigenvalue weighted by molar-refractivity contribution is 5.90. The minimum absolute atomic E-state index is 0.171. The first-order chi connectivity index (χ1) is 9.36. The predicted octanol–water partition coefficient (Wildman–Crippen LogP) is 3.51. The lowest BCUT2D eigenvalue weighted by molar-refractivity contribution is -0.138. The van der Waals surface area contributed by atoms with Gasteiger partial charge in [0.1, 0.15) is 5.75 Å². The summed E-state index contributed by atoms with van der Waals surface area (Å²) < 4.78 is 48.4. The summed E-state index contributed by atoms with van der Waals surface area (Å²) in [5.41, 5.74) is -0.667. The number of methoxy groups -OCH3 is 1. The topological polar surface area (TPSA) is 51.3 Å². The zero-order valence-corrected chi connectivity index (χ0v) is 10.8. The smallest absolute Gasteiger partial charge is 0.420 e. The van der Waals surface area contributed by atoms with Gasteiger partial charge in [0.25, 0.3) is 0 Å². The number of esters is 1. The molecule has 0 bridgehead atoms. The summed E-state index contributed by atoms with van der Waals surface area (Å²) in [5.74, 6) is -0.609. The Morgan fingerprint density at radius 3 is 2.55 bits per heavy atom. The molecule has 1 aromatic heterocycles. The second-order valence-corrected chi connectivity index (χ2v) is 4.08. The number of rotatable bonds is 3. The predicted molar refractivity (Wildman–Crippen MR) is 65.8 cm³/mol. The highest BCUT2D eigenvalue weighted by atomic mass is 19.4. The molecule has 1 aromatic carbocycles. The van der Waals surface area contributed by atoms with Gasteiger partial charge in [0.2, 0.25) is 0 Å². The van der Waals surface area contributed by atoms with Gasteiger partial charge in [-0.3, -0.25) is 4.79 Å². The van der Waals surface area contributed by atoms with Gasteiger partial charge in [-0.15, -0.1) is 0 Å². The molecule has 7 heteroatoms. The first-order valence-corrected chi connectivity index (χ1v) is 5.83. The van der Waals surface area contributed by atoms with Crippen molar-refractivity contribution in [2.75, 3.05) is 7.11 Å². The van der Waals surface area contributed by atoms with Crippen molar-refractivity contribution in [1.29, 1.82) is 0 Å². The number of ether oxygens (including phenoxy) is 2. The molecule has 0 fully saturated rings. The van der Waals surface area contributed by atoms with Gasteiger partial charge in [0.05, 0.1) is 18.2 Å². The van der Waals surface area contributed by atoms with E-state index in [4.69, 9.17) is 9.47 Å². The number of aromatic nitrogens is 1. The monoisotopic (exact) mass is 287 g/mol. The molecule has 2 rings (SSSR count). The molecule has 0 radical (unpaired) electrons.